The monoisotopic (exact) mass is 296 g/mol. The maximum absolute atomic E-state index is 11.0. The molecule has 0 aromatic heterocycles. The average Bonchev–Trinajstić information content (AvgIpc) is 2.48. The number of alkyl halides is 1. The SMILES string of the molecule is O=C(/C=C/CI)O[C@@H]1COC(=O)C1. The lowest BCUT2D eigenvalue weighted by Crippen LogP contribution is -2.16. The third kappa shape index (κ3) is 3.75. The van der Waals surface area contributed by atoms with Gasteiger partial charge in [0.25, 0.3) is 0 Å². The smallest absolute Gasteiger partial charge is 0.330 e. The van der Waals surface area contributed by atoms with Gasteiger partial charge in [-0.25, -0.2) is 4.79 Å². The second-order valence-corrected chi connectivity index (χ2v) is 3.38. The Balaban J connectivity index is 2.28. The Hall–Kier alpha value is -0.590. The molecule has 0 aromatic carbocycles. The Kier molecular flexibility index (Phi) is 4.20. The molecule has 1 fully saturated rings. The minimum absolute atomic E-state index is 0.170. The van der Waals surface area contributed by atoms with E-state index in [2.05, 4.69) is 27.3 Å². The summed E-state index contributed by atoms with van der Waals surface area (Å²) in [5, 5.41) is 0. The molecule has 0 spiro atoms. The molecular formula is C8H9IO4. The Bertz CT molecular complexity index is 236. The van der Waals surface area contributed by atoms with Crippen LogP contribution in [0.1, 0.15) is 6.42 Å². The number of allylic oxidation sites excluding steroid dienone is 1. The molecule has 1 aliphatic rings. The Morgan fingerprint density at radius 2 is 2.54 bits per heavy atom. The quantitative estimate of drug-likeness (QED) is 0.335. The van der Waals surface area contributed by atoms with Crippen molar-refractivity contribution in [3.63, 3.8) is 0 Å². The van der Waals surface area contributed by atoms with Gasteiger partial charge in [-0.05, 0) is 0 Å². The number of rotatable bonds is 3. The lowest BCUT2D eigenvalue weighted by Gasteiger charge is -2.05. The van der Waals surface area contributed by atoms with E-state index in [0.29, 0.717) is 0 Å². The number of cyclic esters (lactones) is 1. The molecule has 0 amide bonds. The molecule has 0 aliphatic carbocycles. The number of ether oxygens (including phenoxy) is 2. The van der Waals surface area contributed by atoms with Crippen LogP contribution in [-0.4, -0.2) is 29.1 Å². The zero-order chi connectivity index (χ0) is 9.68. The van der Waals surface area contributed by atoms with Gasteiger partial charge in [0.2, 0.25) is 0 Å². The molecule has 0 unspecified atom stereocenters. The molecule has 1 saturated heterocycles. The number of esters is 2. The van der Waals surface area contributed by atoms with E-state index in [1.165, 1.54) is 6.08 Å². The van der Waals surface area contributed by atoms with Gasteiger partial charge in [0.1, 0.15) is 12.7 Å². The van der Waals surface area contributed by atoms with Crippen molar-refractivity contribution in [1.29, 1.82) is 0 Å². The van der Waals surface area contributed by atoms with E-state index < -0.39 is 12.1 Å². The van der Waals surface area contributed by atoms with E-state index in [4.69, 9.17) is 4.74 Å². The highest BCUT2D eigenvalue weighted by atomic mass is 127. The van der Waals surface area contributed by atoms with Gasteiger partial charge in [-0.15, -0.1) is 0 Å². The highest BCUT2D eigenvalue weighted by Crippen LogP contribution is 2.10. The standard InChI is InChI=1S/C8H9IO4/c9-3-1-2-7(10)13-6-4-8(11)12-5-6/h1-2,6H,3-5H2/b2-1+/t6-/m0/s1. The topological polar surface area (TPSA) is 52.6 Å². The highest BCUT2D eigenvalue weighted by Gasteiger charge is 2.26. The van der Waals surface area contributed by atoms with Crippen LogP contribution in [0.5, 0.6) is 0 Å². The summed E-state index contributed by atoms with van der Waals surface area (Å²) >= 11 is 2.12. The van der Waals surface area contributed by atoms with Gasteiger partial charge in [0.15, 0.2) is 0 Å². The van der Waals surface area contributed by atoms with Crippen molar-refractivity contribution in [2.45, 2.75) is 12.5 Å². The van der Waals surface area contributed by atoms with Gasteiger partial charge in [-0.1, -0.05) is 28.7 Å². The van der Waals surface area contributed by atoms with E-state index in [9.17, 15) is 9.59 Å². The maximum atomic E-state index is 11.0. The van der Waals surface area contributed by atoms with Crippen molar-refractivity contribution in [2.75, 3.05) is 11.0 Å². The van der Waals surface area contributed by atoms with Crippen LogP contribution in [0.15, 0.2) is 12.2 Å². The summed E-state index contributed by atoms with van der Waals surface area (Å²) in [7, 11) is 0. The van der Waals surface area contributed by atoms with Crippen molar-refractivity contribution < 1.29 is 19.1 Å². The van der Waals surface area contributed by atoms with Crippen molar-refractivity contribution in [3.8, 4) is 0 Å². The lowest BCUT2D eigenvalue weighted by molar-refractivity contribution is -0.143. The van der Waals surface area contributed by atoms with Gasteiger partial charge < -0.3 is 9.47 Å². The number of carbonyl (C=O) groups is 2. The fraction of sp³-hybridized carbons (Fsp3) is 0.500. The zero-order valence-electron chi connectivity index (χ0n) is 6.86. The van der Waals surface area contributed by atoms with Crippen molar-refractivity contribution in [3.05, 3.63) is 12.2 Å². The number of hydrogen-bond acceptors (Lipinski definition) is 4. The summed E-state index contributed by atoms with van der Waals surface area (Å²) in [6, 6.07) is 0. The first kappa shape index (κ1) is 10.5. The van der Waals surface area contributed by atoms with E-state index in [1.807, 2.05) is 0 Å². The van der Waals surface area contributed by atoms with E-state index in [1.54, 1.807) is 6.08 Å². The summed E-state index contributed by atoms with van der Waals surface area (Å²) in [6.07, 6.45) is 2.82. The lowest BCUT2D eigenvalue weighted by atomic mass is 10.3. The fourth-order valence-electron chi connectivity index (χ4n) is 0.910. The average molecular weight is 296 g/mol. The molecular weight excluding hydrogens is 287 g/mol. The molecule has 0 aromatic rings. The molecule has 1 aliphatic heterocycles. The van der Waals surface area contributed by atoms with Crippen LogP contribution in [0, 0.1) is 0 Å². The molecule has 13 heavy (non-hydrogen) atoms. The second kappa shape index (κ2) is 5.21. The van der Waals surface area contributed by atoms with Crippen molar-refractivity contribution in [1.82, 2.24) is 0 Å². The molecule has 72 valence electrons. The first-order valence-electron chi connectivity index (χ1n) is 3.81. The van der Waals surface area contributed by atoms with Gasteiger partial charge in [0.05, 0.1) is 6.42 Å². The summed E-state index contributed by atoms with van der Waals surface area (Å²) in [5.74, 6) is -0.726. The minimum Gasteiger partial charge on any atom is -0.462 e. The van der Waals surface area contributed by atoms with E-state index >= 15 is 0 Å². The zero-order valence-corrected chi connectivity index (χ0v) is 9.02. The largest absolute Gasteiger partial charge is 0.462 e. The predicted molar refractivity (Wildman–Crippen MR) is 53.5 cm³/mol. The van der Waals surface area contributed by atoms with E-state index in [-0.39, 0.29) is 19.0 Å². The third-order valence-corrected chi connectivity index (χ3v) is 1.96. The van der Waals surface area contributed by atoms with Crippen LogP contribution in [0.2, 0.25) is 0 Å². The van der Waals surface area contributed by atoms with Gasteiger partial charge in [-0.3, -0.25) is 4.79 Å². The van der Waals surface area contributed by atoms with Gasteiger partial charge in [0, 0.05) is 10.5 Å². The van der Waals surface area contributed by atoms with Crippen LogP contribution in [0.25, 0.3) is 0 Å². The predicted octanol–water partition coefficient (Wildman–Crippen LogP) is 0.836. The molecule has 1 atom stereocenters. The summed E-state index contributed by atoms with van der Waals surface area (Å²) in [4.78, 5) is 21.6. The molecule has 4 nitrogen and oxygen atoms in total. The van der Waals surface area contributed by atoms with Gasteiger partial charge in [-0.2, -0.15) is 0 Å². The maximum Gasteiger partial charge on any atom is 0.330 e. The Labute approximate surface area is 89.4 Å². The van der Waals surface area contributed by atoms with E-state index in [0.717, 1.165) is 4.43 Å². The molecule has 1 rings (SSSR count). The molecule has 5 heteroatoms. The first-order valence-corrected chi connectivity index (χ1v) is 5.33. The Morgan fingerprint density at radius 1 is 1.77 bits per heavy atom. The third-order valence-electron chi connectivity index (χ3n) is 1.45. The summed E-state index contributed by atoms with van der Waals surface area (Å²) in [6.45, 7) is 0.183. The Morgan fingerprint density at radius 3 is 3.08 bits per heavy atom. The highest BCUT2D eigenvalue weighted by molar-refractivity contribution is 14.1. The summed E-state index contributed by atoms with van der Waals surface area (Å²) in [5.41, 5.74) is 0. The first-order chi connectivity index (χ1) is 6.22. The second-order valence-electron chi connectivity index (χ2n) is 2.50. The fourth-order valence-corrected chi connectivity index (χ4v) is 1.16. The molecule has 0 bridgehead atoms. The minimum atomic E-state index is -0.417. The summed E-state index contributed by atoms with van der Waals surface area (Å²) < 4.78 is 10.3. The number of halogens is 1. The van der Waals surface area contributed by atoms with Crippen molar-refractivity contribution >= 4 is 34.5 Å². The van der Waals surface area contributed by atoms with Crippen LogP contribution >= 0.6 is 22.6 Å². The molecule has 0 N–H and O–H groups in total. The number of carbonyl (C=O) groups excluding carboxylic acids is 2. The molecule has 0 saturated carbocycles. The van der Waals surface area contributed by atoms with Crippen molar-refractivity contribution in [2.24, 2.45) is 0 Å². The molecule has 1 heterocycles. The number of hydrogen-bond donors (Lipinski definition) is 0. The van der Waals surface area contributed by atoms with Crippen LogP contribution in [0.3, 0.4) is 0 Å². The van der Waals surface area contributed by atoms with Crippen LogP contribution in [0.4, 0.5) is 0 Å². The van der Waals surface area contributed by atoms with Crippen LogP contribution in [-0.2, 0) is 19.1 Å². The normalized spacial score (nSPS) is 21.9. The van der Waals surface area contributed by atoms with Gasteiger partial charge >= 0.3 is 11.9 Å². The van der Waals surface area contributed by atoms with Crippen LogP contribution < -0.4 is 0 Å². The molecule has 0 radical (unpaired) electrons.